The highest BCUT2D eigenvalue weighted by atomic mass is 35.5. The number of aryl methyl sites for hydroxylation is 1. The number of nitrogens with one attached hydrogen (secondary N) is 2. The summed E-state index contributed by atoms with van der Waals surface area (Å²) >= 11 is 24.2. The third-order valence-electron chi connectivity index (χ3n) is 7.47. The fourth-order valence-electron chi connectivity index (χ4n) is 4.78. The molecule has 0 aliphatic rings. The van der Waals surface area contributed by atoms with E-state index in [1.807, 2.05) is 0 Å². The highest BCUT2D eigenvalue weighted by Crippen LogP contribution is 2.29. The fourth-order valence-corrected chi connectivity index (χ4v) is 5.42. The van der Waals surface area contributed by atoms with Crippen molar-refractivity contribution in [2.24, 2.45) is 11.8 Å². The lowest BCUT2D eigenvalue weighted by atomic mass is 9.82. The van der Waals surface area contributed by atoms with Crippen LogP contribution >= 0.6 is 46.4 Å². The Hall–Kier alpha value is -3.04. The molecule has 2 amide bonds. The van der Waals surface area contributed by atoms with Crippen molar-refractivity contribution in [1.82, 2.24) is 10.6 Å². The van der Waals surface area contributed by atoms with Gasteiger partial charge in [0.05, 0.1) is 26.1 Å². The van der Waals surface area contributed by atoms with Gasteiger partial charge in [0.1, 0.15) is 0 Å². The van der Waals surface area contributed by atoms with Crippen molar-refractivity contribution in [1.29, 1.82) is 0 Å². The maximum atomic E-state index is 15.2. The fraction of sp³-hybridized carbons (Fsp3) is 0.353. The summed E-state index contributed by atoms with van der Waals surface area (Å²) < 4.78 is 30.3. The Morgan fingerprint density at radius 3 is 1.93 bits per heavy atom. The van der Waals surface area contributed by atoms with Crippen LogP contribution in [0.1, 0.15) is 43.4 Å². The molecule has 0 radical (unpaired) electrons. The van der Waals surface area contributed by atoms with Gasteiger partial charge in [-0.05, 0) is 66.1 Å². The molecule has 246 valence electrons. The van der Waals surface area contributed by atoms with Gasteiger partial charge in [0.25, 0.3) is 5.91 Å². The molecular formula is C34H34Cl4F2N2O4. The standard InChI is InChI=1S/C34H34Cl4F2N2O4/c1-20(2)24(32(45)34(39,40)33(46)41-15-14-21-6-4-3-5-7-21)19-30(43)29(18-23-9-12-26(36)28(38)17-23)42-31(44)13-10-22-8-11-25(35)27(37)16-22/h3-9,11-12,16-17,20,24,29H,10,13-15,18-19H2,1-2H3,(H,41,46)(H,42,44)/t24-,29-/m0/s1. The van der Waals surface area contributed by atoms with E-state index in [2.05, 4.69) is 10.6 Å². The molecule has 0 spiro atoms. The lowest BCUT2D eigenvalue weighted by Gasteiger charge is -2.26. The van der Waals surface area contributed by atoms with Crippen molar-refractivity contribution in [3.63, 3.8) is 0 Å². The zero-order valence-corrected chi connectivity index (χ0v) is 28.3. The van der Waals surface area contributed by atoms with Crippen LogP contribution < -0.4 is 10.6 Å². The zero-order valence-electron chi connectivity index (χ0n) is 25.2. The molecule has 0 aliphatic heterocycles. The molecular weight excluding hydrogens is 680 g/mol. The molecule has 12 heteroatoms. The average Bonchev–Trinajstić information content (AvgIpc) is 3.01. The minimum atomic E-state index is -4.37. The Labute approximate surface area is 287 Å². The maximum Gasteiger partial charge on any atom is 0.381 e. The first-order valence-electron chi connectivity index (χ1n) is 14.6. The first-order chi connectivity index (χ1) is 21.7. The number of rotatable bonds is 16. The average molecular weight is 714 g/mol. The van der Waals surface area contributed by atoms with E-state index in [1.165, 1.54) is 26.0 Å². The van der Waals surface area contributed by atoms with E-state index in [0.717, 1.165) is 11.1 Å². The number of halogens is 6. The topological polar surface area (TPSA) is 92.3 Å². The Balaban J connectivity index is 1.73. The highest BCUT2D eigenvalue weighted by molar-refractivity contribution is 6.42. The summed E-state index contributed by atoms with van der Waals surface area (Å²) in [6.07, 6.45) is -0.0951. The number of Topliss-reactive ketones (excluding diaryl/α,β-unsaturated/α-hetero) is 2. The van der Waals surface area contributed by atoms with Gasteiger partial charge in [0.2, 0.25) is 11.7 Å². The number of hydrogen-bond donors (Lipinski definition) is 2. The van der Waals surface area contributed by atoms with Crippen molar-refractivity contribution >= 4 is 69.8 Å². The third-order valence-corrected chi connectivity index (χ3v) is 8.95. The lowest BCUT2D eigenvalue weighted by Crippen LogP contribution is -2.51. The summed E-state index contributed by atoms with van der Waals surface area (Å²) in [5.74, 6) is -11.1. The van der Waals surface area contributed by atoms with Crippen LogP contribution in [0, 0.1) is 11.8 Å². The zero-order chi connectivity index (χ0) is 34.0. The first kappa shape index (κ1) is 37.4. The molecule has 0 unspecified atom stereocenters. The molecule has 46 heavy (non-hydrogen) atoms. The van der Waals surface area contributed by atoms with E-state index in [-0.39, 0.29) is 35.9 Å². The number of carbonyl (C=O) groups excluding carboxylic acids is 4. The minimum absolute atomic E-state index is 0.0170. The first-order valence-corrected chi connectivity index (χ1v) is 16.1. The molecule has 3 aromatic carbocycles. The molecule has 0 aromatic heterocycles. The van der Waals surface area contributed by atoms with Crippen LogP contribution in [-0.2, 0) is 38.4 Å². The monoisotopic (exact) mass is 712 g/mol. The minimum Gasteiger partial charge on any atom is -0.350 e. The number of amides is 2. The number of benzene rings is 3. The molecule has 3 rings (SSSR count). The van der Waals surface area contributed by atoms with Crippen LogP contribution in [0.4, 0.5) is 8.78 Å². The van der Waals surface area contributed by atoms with Gasteiger partial charge < -0.3 is 10.6 Å². The van der Waals surface area contributed by atoms with Gasteiger partial charge >= 0.3 is 5.92 Å². The Morgan fingerprint density at radius 1 is 0.761 bits per heavy atom. The summed E-state index contributed by atoms with van der Waals surface area (Å²) in [5, 5.41) is 6.03. The summed E-state index contributed by atoms with van der Waals surface area (Å²) in [5.41, 5.74) is 2.12. The van der Waals surface area contributed by atoms with Crippen LogP contribution in [0.5, 0.6) is 0 Å². The van der Waals surface area contributed by atoms with Crippen molar-refractivity contribution < 1.29 is 28.0 Å². The molecule has 6 nitrogen and oxygen atoms in total. The van der Waals surface area contributed by atoms with Crippen LogP contribution in [0.2, 0.25) is 20.1 Å². The number of alkyl halides is 2. The molecule has 2 N–H and O–H groups in total. The molecule has 2 atom stereocenters. The third kappa shape index (κ3) is 10.8. The van der Waals surface area contributed by atoms with Crippen LogP contribution in [0.25, 0.3) is 0 Å². The van der Waals surface area contributed by atoms with Crippen molar-refractivity contribution in [2.45, 2.75) is 57.9 Å². The van der Waals surface area contributed by atoms with E-state index in [1.54, 1.807) is 54.6 Å². The summed E-state index contributed by atoms with van der Waals surface area (Å²) in [4.78, 5) is 52.2. The normalized spacial score (nSPS) is 12.8. The smallest absolute Gasteiger partial charge is 0.350 e. The second kappa shape index (κ2) is 17.2. The SMILES string of the molecule is CC(C)[C@H](CC(=O)[C@H](Cc1ccc(Cl)c(Cl)c1)NC(=O)CCc1ccc(Cl)c(Cl)c1)C(=O)C(F)(F)C(=O)NCCc1ccccc1. The van der Waals surface area contributed by atoms with Gasteiger partial charge in [-0.2, -0.15) is 8.78 Å². The van der Waals surface area contributed by atoms with E-state index < -0.39 is 53.6 Å². The number of hydrogen-bond acceptors (Lipinski definition) is 4. The second-order valence-electron chi connectivity index (χ2n) is 11.3. The maximum absolute atomic E-state index is 15.2. The number of ketones is 2. The van der Waals surface area contributed by atoms with Crippen LogP contribution in [-0.4, -0.2) is 41.9 Å². The second-order valence-corrected chi connectivity index (χ2v) is 12.9. The van der Waals surface area contributed by atoms with Crippen molar-refractivity contribution in [3.8, 4) is 0 Å². The Kier molecular flexibility index (Phi) is 14.0. The summed E-state index contributed by atoms with van der Waals surface area (Å²) in [7, 11) is 0. The lowest BCUT2D eigenvalue weighted by molar-refractivity contribution is -0.162. The van der Waals surface area contributed by atoms with E-state index in [4.69, 9.17) is 46.4 Å². The van der Waals surface area contributed by atoms with Crippen LogP contribution in [0.3, 0.4) is 0 Å². The highest BCUT2D eigenvalue weighted by Gasteiger charge is 2.51. The molecule has 0 saturated heterocycles. The van der Waals surface area contributed by atoms with Crippen molar-refractivity contribution in [2.75, 3.05) is 6.54 Å². The largest absolute Gasteiger partial charge is 0.381 e. The predicted molar refractivity (Wildman–Crippen MR) is 178 cm³/mol. The van der Waals surface area contributed by atoms with E-state index in [9.17, 15) is 19.2 Å². The summed E-state index contributed by atoms with van der Waals surface area (Å²) in [6.45, 7) is 2.93. The molecule has 0 aliphatic carbocycles. The van der Waals surface area contributed by atoms with Crippen molar-refractivity contribution in [3.05, 3.63) is 104 Å². The van der Waals surface area contributed by atoms with Gasteiger partial charge in [-0.1, -0.05) is 103 Å². The van der Waals surface area contributed by atoms with E-state index in [0.29, 0.717) is 22.0 Å². The van der Waals surface area contributed by atoms with Gasteiger partial charge in [-0.15, -0.1) is 0 Å². The van der Waals surface area contributed by atoms with Gasteiger partial charge in [0.15, 0.2) is 5.78 Å². The van der Waals surface area contributed by atoms with E-state index >= 15 is 8.78 Å². The Bertz CT molecular complexity index is 1550. The summed E-state index contributed by atoms with van der Waals surface area (Å²) in [6, 6.07) is 17.4. The molecule has 0 saturated carbocycles. The molecule has 0 fully saturated rings. The molecule has 0 heterocycles. The molecule has 3 aromatic rings. The Morgan fingerprint density at radius 2 is 1.35 bits per heavy atom. The molecule has 0 bridgehead atoms. The number of carbonyl (C=O) groups is 4. The predicted octanol–water partition coefficient (Wildman–Crippen LogP) is 7.76. The van der Waals surface area contributed by atoms with Gasteiger partial charge in [-0.25, -0.2) is 0 Å². The quantitative estimate of drug-likeness (QED) is 0.149. The van der Waals surface area contributed by atoms with Crippen LogP contribution in [0.15, 0.2) is 66.7 Å². The van der Waals surface area contributed by atoms with Gasteiger partial charge in [0, 0.05) is 25.3 Å². The van der Waals surface area contributed by atoms with Gasteiger partial charge in [-0.3, -0.25) is 19.2 Å².